The van der Waals surface area contributed by atoms with Crippen molar-refractivity contribution in [2.45, 2.75) is 6.42 Å². The fourth-order valence-electron chi connectivity index (χ4n) is 3.06. The van der Waals surface area contributed by atoms with Gasteiger partial charge >= 0.3 is 4.87 Å². The van der Waals surface area contributed by atoms with Crippen molar-refractivity contribution in [3.63, 3.8) is 0 Å². The van der Waals surface area contributed by atoms with Crippen LogP contribution in [0.1, 0.15) is 10.4 Å². The molecule has 0 radical (unpaired) electrons. The van der Waals surface area contributed by atoms with Crippen LogP contribution >= 0.6 is 11.3 Å². The van der Waals surface area contributed by atoms with Gasteiger partial charge in [0.2, 0.25) is 5.88 Å². The van der Waals surface area contributed by atoms with Crippen molar-refractivity contribution in [1.29, 1.82) is 0 Å². The summed E-state index contributed by atoms with van der Waals surface area (Å²) in [5.74, 6) is -0.182. The molecule has 8 heteroatoms. The summed E-state index contributed by atoms with van der Waals surface area (Å²) < 4.78 is 0. The second kappa shape index (κ2) is 6.65. The van der Waals surface area contributed by atoms with Gasteiger partial charge in [-0.3, -0.25) is 24.9 Å². The highest BCUT2D eigenvalue weighted by atomic mass is 32.1. The lowest BCUT2D eigenvalue weighted by atomic mass is 9.99. The Bertz CT molecular complexity index is 1250. The zero-order valence-electron chi connectivity index (χ0n) is 13.9. The molecule has 3 aromatic rings. The zero-order valence-corrected chi connectivity index (χ0v) is 14.7. The number of non-ortho nitro benzene ring substituents is 1. The quantitative estimate of drug-likeness (QED) is 0.534. The molecule has 0 saturated heterocycles. The van der Waals surface area contributed by atoms with E-state index < -0.39 is 4.92 Å². The third-order valence-corrected chi connectivity index (χ3v) is 5.23. The van der Waals surface area contributed by atoms with Crippen molar-refractivity contribution in [2.24, 2.45) is 4.99 Å². The van der Waals surface area contributed by atoms with Crippen molar-refractivity contribution >= 4 is 40.6 Å². The molecule has 0 bridgehead atoms. The molecule has 2 aromatic carbocycles. The molecule has 134 valence electrons. The average Bonchev–Trinajstić information content (AvgIpc) is 3.26. The molecule has 2 N–H and O–H groups in total. The number of aromatic amines is 1. The Morgan fingerprint density at radius 3 is 2.67 bits per heavy atom. The first-order valence-electron chi connectivity index (χ1n) is 8.05. The van der Waals surface area contributed by atoms with Crippen LogP contribution in [0.5, 0.6) is 5.88 Å². The summed E-state index contributed by atoms with van der Waals surface area (Å²) in [6.07, 6.45) is 3.98. The summed E-state index contributed by atoms with van der Waals surface area (Å²) in [5.41, 5.74) is 2.41. The number of aromatic nitrogens is 1. The first-order valence-corrected chi connectivity index (χ1v) is 8.87. The SMILES string of the molecule is O=c1[nH]c(O)c(C(Cc2ccc([N+](=O)[O-])cc2)=c2cccc3c2=CC=N3)s1. The van der Waals surface area contributed by atoms with E-state index in [1.165, 1.54) is 12.1 Å². The van der Waals surface area contributed by atoms with Gasteiger partial charge in [-0.2, -0.15) is 0 Å². The van der Waals surface area contributed by atoms with Crippen LogP contribution in [0, 0.1) is 10.1 Å². The van der Waals surface area contributed by atoms with Gasteiger partial charge < -0.3 is 5.11 Å². The molecule has 1 aromatic heterocycles. The summed E-state index contributed by atoms with van der Waals surface area (Å²) in [6, 6.07) is 11.9. The Kier molecular flexibility index (Phi) is 4.17. The van der Waals surface area contributed by atoms with Crippen LogP contribution in [0.3, 0.4) is 0 Å². The van der Waals surface area contributed by atoms with Gasteiger partial charge in [0.25, 0.3) is 5.69 Å². The minimum absolute atomic E-state index is 0.0109. The van der Waals surface area contributed by atoms with Gasteiger partial charge in [-0.25, -0.2) is 0 Å². The molecule has 0 unspecified atom stereocenters. The molecule has 27 heavy (non-hydrogen) atoms. The average molecular weight is 379 g/mol. The van der Waals surface area contributed by atoms with Crippen LogP contribution in [0.2, 0.25) is 0 Å². The Morgan fingerprint density at radius 2 is 2.00 bits per heavy atom. The van der Waals surface area contributed by atoms with Crippen molar-refractivity contribution in [3.8, 4) is 5.88 Å². The number of nitro groups is 1. The molecule has 0 amide bonds. The van der Waals surface area contributed by atoms with E-state index >= 15 is 0 Å². The Morgan fingerprint density at radius 1 is 1.22 bits per heavy atom. The predicted molar refractivity (Wildman–Crippen MR) is 104 cm³/mol. The Labute approximate surface area is 156 Å². The van der Waals surface area contributed by atoms with Crippen LogP contribution in [-0.4, -0.2) is 21.2 Å². The van der Waals surface area contributed by atoms with Crippen LogP contribution in [-0.2, 0) is 6.42 Å². The fourth-order valence-corrected chi connectivity index (χ4v) is 3.84. The summed E-state index contributed by atoms with van der Waals surface area (Å²) in [4.78, 5) is 29.0. The maximum Gasteiger partial charge on any atom is 0.307 e. The molecule has 2 heterocycles. The van der Waals surface area contributed by atoms with Crippen molar-refractivity contribution < 1.29 is 10.0 Å². The third kappa shape index (κ3) is 3.18. The lowest BCUT2D eigenvalue weighted by molar-refractivity contribution is -0.384. The van der Waals surface area contributed by atoms with Crippen molar-refractivity contribution in [2.75, 3.05) is 0 Å². The number of nitrogens with one attached hydrogen (secondary N) is 1. The second-order valence-corrected chi connectivity index (χ2v) is 6.94. The fraction of sp³-hybridized carbons (Fsp3) is 0.0526. The van der Waals surface area contributed by atoms with E-state index in [1.54, 1.807) is 18.3 Å². The van der Waals surface area contributed by atoms with Gasteiger partial charge in [0.1, 0.15) is 0 Å². The van der Waals surface area contributed by atoms with E-state index in [0.29, 0.717) is 11.3 Å². The minimum atomic E-state index is -0.450. The van der Waals surface area contributed by atoms with Gasteiger partial charge in [-0.1, -0.05) is 35.6 Å². The number of hydrogen-bond acceptors (Lipinski definition) is 6. The predicted octanol–water partition coefficient (Wildman–Crippen LogP) is 1.99. The smallest absolute Gasteiger partial charge is 0.307 e. The van der Waals surface area contributed by atoms with E-state index in [1.807, 2.05) is 24.3 Å². The molecule has 0 fully saturated rings. The van der Waals surface area contributed by atoms with E-state index in [0.717, 1.165) is 38.6 Å². The molecular formula is C19H13N3O4S. The number of hydrogen-bond donors (Lipinski definition) is 2. The monoisotopic (exact) mass is 379 g/mol. The number of thiazole rings is 1. The van der Waals surface area contributed by atoms with Crippen molar-refractivity contribution in [3.05, 3.63) is 83.1 Å². The number of benzene rings is 2. The highest BCUT2D eigenvalue weighted by Crippen LogP contribution is 2.27. The minimum Gasteiger partial charge on any atom is -0.493 e. The van der Waals surface area contributed by atoms with Crippen molar-refractivity contribution in [1.82, 2.24) is 4.98 Å². The first kappa shape index (κ1) is 16.9. The molecule has 0 aliphatic carbocycles. The van der Waals surface area contributed by atoms with E-state index in [-0.39, 0.29) is 16.4 Å². The summed E-state index contributed by atoms with van der Waals surface area (Å²) >= 11 is 0.929. The molecule has 7 nitrogen and oxygen atoms in total. The molecule has 1 aliphatic rings. The summed E-state index contributed by atoms with van der Waals surface area (Å²) in [6.45, 7) is 0. The highest BCUT2D eigenvalue weighted by molar-refractivity contribution is 7.10. The number of aliphatic imine (C=N–C) groups is 1. The highest BCUT2D eigenvalue weighted by Gasteiger charge is 2.16. The number of nitrogens with zero attached hydrogens (tertiary/aromatic N) is 2. The van der Waals surface area contributed by atoms with Crippen LogP contribution in [0.4, 0.5) is 11.4 Å². The molecular weight excluding hydrogens is 366 g/mol. The molecule has 4 rings (SSSR count). The molecule has 1 aliphatic heterocycles. The number of aromatic hydroxyl groups is 1. The summed E-state index contributed by atoms with van der Waals surface area (Å²) in [5, 5.41) is 22.8. The Balaban J connectivity index is 1.92. The van der Waals surface area contributed by atoms with Crippen LogP contribution < -0.4 is 15.3 Å². The topological polar surface area (TPSA) is 109 Å². The van der Waals surface area contributed by atoms with E-state index in [2.05, 4.69) is 9.98 Å². The van der Waals surface area contributed by atoms with Gasteiger partial charge in [0, 0.05) is 23.6 Å². The van der Waals surface area contributed by atoms with Gasteiger partial charge in [0.05, 0.1) is 15.5 Å². The lowest BCUT2D eigenvalue weighted by Gasteiger charge is -2.08. The molecule has 0 saturated carbocycles. The molecule has 0 spiro atoms. The Hall–Kier alpha value is -3.52. The van der Waals surface area contributed by atoms with E-state index in [4.69, 9.17) is 0 Å². The number of fused-ring (bicyclic) bond motifs is 1. The zero-order chi connectivity index (χ0) is 19.0. The maximum atomic E-state index is 11.7. The van der Waals surface area contributed by atoms with Crippen LogP contribution in [0.15, 0.2) is 52.3 Å². The maximum absolute atomic E-state index is 11.7. The van der Waals surface area contributed by atoms with E-state index in [9.17, 15) is 20.0 Å². The normalized spacial score (nSPS) is 13.2. The number of nitro benzene ring substituents is 1. The second-order valence-electron chi connectivity index (χ2n) is 5.95. The standard InChI is InChI=1S/C19H13N3O4S/c23-18-17(27-19(24)21-18)15(10-11-4-6-12(7-5-11)22(25)26)13-2-1-3-16-14(13)8-9-20-16/h1-9,23H,10H2,(H,21,24). The number of H-pyrrole nitrogens is 1. The van der Waals surface area contributed by atoms with Gasteiger partial charge in [-0.05, 0) is 34.9 Å². The lowest BCUT2D eigenvalue weighted by Crippen LogP contribution is -2.27. The summed E-state index contributed by atoms with van der Waals surface area (Å²) in [7, 11) is 0. The third-order valence-electron chi connectivity index (χ3n) is 4.30. The van der Waals surface area contributed by atoms with Gasteiger partial charge in [-0.15, -0.1) is 0 Å². The largest absolute Gasteiger partial charge is 0.493 e. The number of rotatable bonds is 4. The first-order chi connectivity index (χ1) is 13.0. The van der Waals surface area contributed by atoms with Gasteiger partial charge in [0.15, 0.2) is 0 Å². The van der Waals surface area contributed by atoms with Crippen LogP contribution in [0.25, 0.3) is 11.6 Å². The molecule has 0 atom stereocenters.